The van der Waals surface area contributed by atoms with E-state index in [2.05, 4.69) is 33.2 Å². The molecule has 36 heavy (non-hydrogen) atoms. The molecule has 0 aromatic heterocycles. The summed E-state index contributed by atoms with van der Waals surface area (Å²) in [5, 5.41) is 2.28. The second-order valence-corrected chi connectivity index (χ2v) is 9.46. The standard InChI is InChI=1S/C14H25N5O3.C10H20N4/c1-4-14(6-5-9(2)3)10(20)18-13(22)19(11(14)21)8-7-17-12(15)16;1-2-9-3-6-14(7-4-9)8-5-13-10(11)12/h9H,4-8H2,1-3H3,(H4,15,16,17)(H,18,20,22);3H,2,4-8H2,1H3,(H4,11,12,13). The number of hydrogen-bond acceptors (Lipinski definition) is 6. The number of barbiturate groups is 1. The molecule has 2 aliphatic heterocycles. The first-order valence-electron chi connectivity index (χ1n) is 12.6. The lowest BCUT2D eigenvalue weighted by atomic mass is 9.75. The average molecular weight is 508 g/mol. The predicted octanol–water partition coefficient (Wildman–Crippen LogP) is 0.473. The Hall–Kier alpha value is -3.15. The van der Waals surface area contributed by atoms with Crippen LogP contribution < -0.4 is 28.3 Å². The van der Waals surface area contributed by atoms with Gasteiger partial charge in [-0.1, -0.05) is 39.3 Å². The van der Waals surface area contributed by atoms with Gasteiger partial charge in [0, 0.05) is 19.6 Å². The van der Waals surface area contributed by atoms with Gasteiger partial charge in [-0.15, -0.1) is 0 Å². The van der Waals surface area contributed by atoms with Gasteiger partial charge in [-0.25, -0.2) is 4.79 Å². The van der Waals surface area contributed by atoms with Crippen molar-refractivity contribution >= 4 is 29.8 Å². The summed E-state index contributed by atoms with van der Waals surface area (Å²) in [6.07, 6.45) is 6.18. The Morgan fingerprint density at radius 1 is 1.06 bits per heavy atom. The van der Waals surface area contributed by atoms with Gasteiger partial charge in [0.2, 0.25) is 11.8 Å². The molecule has 4 amide bonds. The van der Waals surface area contributed by atoms with Crippen molar-refractivity contribution in [3.05, 3.63) is 11.6 Å². The summed E-state index contributed by atoms with van der Waals surface area (Å²) in [5.41, 5.74) is 21.3. The number of nitrogens with one attached hydrogen (secondary N) is 1. The van der Waals surface area contributed by atoms with Crippen LogP contribution in [0.2, 0.25) is 0 Å². The third-order valence-corrected chi connectivity index (χ3v) is 6.48. The number of carbonyl (C=O) groups is 3. The molecule has 0 spiro atoms. The highest BCUT2D eigenvalue weighted by molar-refractivity contribution is 6.19. The molecule has 1 fully saturated rings. The quantitative estimate of drug-likeness (QED) is 0.115. The second-order valence-electron chi connectivity index (χ2n) is 9.46. The number of aliphatic imine (C=N–C) groups is 2. The van der Waals surface area contributed by atoms with Gasteiger partial charge in [0.1, 0.15) is 5.41 Å². The zero-order valence-electron chi connectivity index (χ0n) is 22.3. The number of rotatable bonds is 11. The highest BCUT2D eigenvalue weighted by Gasteiger charge is 2.52. The van der Waals surface area contributed by atoms with Gasteiger partial charge in [-0.05, 0) is 38.0 Å². The maximum absolute atomic E-state index is 12.7. The summed E-state index contributed by atoms with van der Waals surface area (Å²) < 4.78 is 0. The summed E-state index contributed by atoms with van der Waals surface area (Å²) in [7, 11) is 0. The zero-order valence-corrected chi connectivity index (χ0v) is 22.3. The van der Waals surface area contributed by atoms with Crippen molar-refractivity contribution in [2.45, 2.75) is 59.8 Å². The number of imide groups is 2. The normalized spacial score (nSPS) is 20.3. The van der Waals surface area contributed by atoms with Crippen molar-refractivity contribution in [3.63, 3.8) is 0 Å². The minimum Gasteiger partial charge on any atom is -0.370 e. The molecule has 2 aliphatic rings. The fourth-order valence-electron chi connectivity index (χ4n) is 4.06. The third-order valence-electron chi connectivity index (χ3n) is 6.48. The van der Waals surface area contributed by atoms with Gasteiger partial charge in [-0.3, -0.25) is 34.7 Å². The molecule has 1 unspecified atom stereocenters. The molecule has 0 aromatic rings. The van der Waals surface area contributed by atoms with Crippen LogP contribution in [0.4, 0.5) is 4.79 Å². The van der Waals surface area contributed by atoms with Crippen LogP contribution in [0.3, 0.4) is 0 Å². The van der Waals surface area contributed by atoms with E-state index >= 15 is 0 Å². The molecule has 0 aliphatic carbocycles. The van der Waals surface area contributed by atoms with E-state index in [4.69, 9.17) is 22.9 Å². The molecule has 1 atom stereocenters. The number of nitrogens with two attached hydrogens (primary N) is 4. The van der Waals surface area contributed by atoms with Crippen molar-refractivity contribution < 1.29 is 14.4 Å². The molecule has 0 saturated carbocycles. The molecule has 2 rings (SSSR count). The fourth-order valence-corrected chi connectivity index (χ4v) is 4.06. The van der Waals surface area contributed by atoms with E-state index in [9.17, 15) is 14.4 Å². The summed E-state index contributed by atoms with van der Waals surface area (Å²) in [6, 6.07) is -0.714. The predicted molar refractivity (Wildman–Crippen MR) is 143 cm³/mol. The number of guanidine groups is 2. The van der Waals surface area contributed by atoms with Gasteiger partial charge in [0.15, 0.2) is 11.9 Å². The number of nitrogens with zero attached hydrogens (tertiary/aromatic N) is 4. The average Bonchev–Trinajstić information content (AvgIpc) is 2.82. The fraction of sp³-hybridized carbons (Fsp3) is 0.708. The Morgan fingerprint density at radius 2 is 1.67 bits per heavy atom. The van der Waals surface area contributed by atoms with Gasteiger partial charge < -0.3 is 22.9 Å². The molecule has 0 radical (unpaired) electrons. The number of amides is 4. The van der Waals surface area contributed by atoms with Gasteiger partial charge in [-0.2, -0.15) is 0 Å². The van der Waals surface area contributed by atoms with Crippen LogP contribution in [0, 0.1) is 11.3 Å². The van der Waals surface area contributed by atoms with Crippen LogP contribution in [0.25, 0.3) is 0 Å². The summed E-state index contributed by atoms with van der Waals surface area (Å²) >= 11 is 0. The lowest BCUT2D eigenvalue weighted by molar-refractivity contribution is -0.152. The van der Waals surface area contributed by atoms with Crippen molar-refractivity contribution in [1.82, 2.24) is 15.1 Å². The van der Waals surface area contributed by atoms with Gasteiger partial charge >= 0.3 is 6.03 Å². The number of urea groups is 1. The number of carbonyl (C=O) groups excluding carboxylic acids is 3. The molecule has 9 N–H and O–H groups in total. The molecule has 204 valence electrons. The first-order chi connectivity index (χ1) is 17.0. The van der Waals surface area contributed by atoms with E-state index in [1.54, 1.807) is 12.5 Å². The van der Waals surface area contributed by atoms with Crippen LogP contribution in [0.1, 0.15) is 59.8 Å². The van der Waals surface area contributed by atoms with Crippen molar-refractivity contribution in [3.8, 4) is 0 Å². The van der Waals surface area contributed by atoms with E-state index in [0.717, 1.165) is 31.0 Å². The smallest absolute Gasteiger partial charge is 0.330 e. The van der Waals surface area contributed by atoms with Crippen LogP contribution in [-0.4, -0.2) is 78.8 Å². The van der Waals surface area contributed by atoms with E-state index < -0.39 is 23.3 Å². The van der Waals surface area contributed by atoms with Gasteiger partial charge in [0.25, 0.3) is 0 Å². The molecular formula is C24H45N9O3. The molecule has 0 bridgehead atoms. The Labute approximate surface area is 214 Å². The third kappa shape index (κ3) is 9.48. The first kappa shape index (κ1) is 30.9. The highest BCUT2D eigenvalue weighted by Crippen LogP contribution is 2.35. The van der Waals surface area contributed by atoms with Crippen molar-refractivity contribution in [1.29, 1.82) is 0 Å². The molecule has 0 aromatic carbocycles. The second kappa shape index (κ2) is 15.1. The Morgan fingerprint density at radius 3 is 2.14 bits per heavy atom. The van der Waals surface area contributed by atoms with Crippen LogP contribution in [0.15, 0.2) is 21.6 Å². The van der Waals surface area contributed by atoms with Crippen LogP contribution >= 0.6 is 0 Å². The minimum absolute atomic E-state index is 0.0409. The van der Waals surface area contributed by atoms with Crippen LogP contribution in [0.5, 0.6) is 0 Å². The molecule has 1 saturated heterocycles. The summed E-state index contributed by atoms with van der Waals surface area (Å²) in [6.45, 7) is 12.0. The topological polar surface area (TPSA) is 199 Å². The van der Waals surface area contributed by atoms with Crippen molar-refractivity contribution in [2.24, 2.45) is 44.3 Å². The molecule has 2 heterocycles. The minimum atomic E-state index is -1.18. The lowest BCUT2D eigenvalue weighted by Gasteiger charge is -2.39. The van der Waals surface area contributed by atoms with Crippen LogP contribution in [-0.2, 0) is 9.59 Å². The Kier molecular flexibility index (Phi) is 12.9. The first-order valence-corrected chi connectivity index (χ1v) is 12.6. The van der Waals surface area contributed by atoms with Crippen molar-refractivity contribution in [2.75, 3.05) is 39.3 Å². The monoisotopic (exact) mass is 507 g/mol. The highest BCUT2D eigenvalue weighted by atomic mass is 16.2. The lowest BCUT2D eigenvalue weighted by Crippen LogP contribution is -2.64. The maximum atomic E-state index is 12.7. The zero-order chi connectivity index (χ0) is 27.3. The molecular weight excluding hydrogens is 462 g/mol. The largest absolute Gasteiger partial charge is 0.370 e. The van der Waals surface area contributed by atoms with E-state index in [1.807, 2.05) is 13.8 Å². The maximum Gasteiger partial charge on any atom is 0.330 e. The Balaban J connectivity index is 0.000000397. The molecule has 12 heteroatoms. The van der Waals surface area contributed by atoms with E-state index in [0.29, 0.717) is 25.3 Å². The molecule has 12 nitrogen and oxygen atoms in total. The number of hydrogen-bond donors (Lipinski definition) is 5. The summed E-state index contributed by atoms with van der Waals surface area (Å²) in [4.78, 5) is 48.0. The SMILES string of the molecule is CCC1(CCC(C)C)C(=O)NC(=O)N(CCN=C(N)N)C1=O.CCC1=CCN(CCN=C(N)N)CC1. The summed E-state index contributed by atoms with van der Waals surface area (Å²) in [5.74, 6) is -0.537. The van der Waals surface area contributed by atoms with E-state index in [-0.39, 0.29) is 25.0 Å². The van der Waals surface area contributed by atoms with Gasteiger partial charge in [0.05, 0.1) is 19.6 Å². The van der Waals surface area contributed by atoms with E-state index in [1.165, 1.54) is 12.8 Å². The Bertz CT molecular complexity index is 846.